The average Bonchev–Trinajstić information content (AvgIpc) is 3.27. The van der Waals surface area contributed by atoms with Gasteiger partial charge in [-0.05, 0) is 56.7 Å². The average molecular weight is 409 g/mol. The van der Waals surface area contributed by atoms with Gasteiger partial charge in [0.1, 0.15) is 5.82 Å². The Labute approximate surface area is 178 Å². The third-order valence-corrected chi connectivity index (χ3v) is 6.14. The molecule has 160 valence electrons. The van der Waals surface area contributed by atoms with E-state index >= 15 is 0 Å². The monoisotopic (exact) mass is 408 g/mol. The van der Waals surface area contributed by atoms with E-state index < -0.39 is 0 Å². The van der Waals surface area contributed by atoms with Crippen molar-refractivity contribution < 1.29 is 4.79 Å². The topological polar surface area (TPSA) is 68.3 Å². The summed E-state index contributed by atoms with van der Waals surface area (Å²) >= 11 is 0. The molecule has 4 rings (SSSR count). The summed E-state index contributed by atoms with van der Waals surface area (Å²) in [5.74, 6) is 1.97. The number of aryl methyl sites for hydroxylation is 1. The Hall–Kier alpha value is -2.70. The number of hydrogen-bond acceptors (Lipinski definition) is 4. The fourth-order valence-corrected chi connectivity index (χ4v) is 4.56. The maximum absolute atomic E-state index is 13.0. The molecule has 1 saturated heterocycles. The van der Waals surface area contributed by atoms with Crippen LogP contribution in [-0.4, -0.2) is 48.3 Å². The molecule has 0 N–H and O–H groups in total. The number of aromatic nitrogens is 5. The van der Waals surface area contributed by atoms with Crippen molar-refractivity contribution in [1.29, 1.82) is 0 Å². The fourth-order valence-electron chi connectivity index (χ4n) is 4.56. The van der Waals surface area contributed by atoms with Gasteiger partial charge in [0, 0.05) is 43.9 Å². The van der Waals surface area contributed by atoms with Gasteiger partial charge in [-0.15, -0.1) is 10.2 Å². The number of pyridine rings is 1. The third-order valence-electron chi connectivity index (χ3n) is 6.14. The Bertz CT molecular complexity index is 1030. The van der Waals surface area contributed by atoms with Crippen molar-refractivity contribution in [2.45, 2.75) is 65.8 Å². The zero-order valence-electron chi connectivity index (χ0n) is 18.5. The van der Waals surface area contributed by atoms with E-state index in [9.17, 15) is 4.79 Å². The van der Waals surface area contributed by atoms with Gasteiger partial charge in [0.25, 0.3) is 0 Å². The predicted molar refractivity (Wildman–Crippen MR) is 116 cm³/mol. The number of carbonyl (C=O) groups excluding carboxylic acids is 1. The first-order valence-electron chi connectivity index (χ1n) is 11.0. The van der Waals surface area contributed by atoms with Crippen molar-refractivity contribution in [2.75, 3.05) is 13.1 Å². The zero-order chi connectivity index (χ0) is 21.3. The highest BCUT2D eigenvalue weighted by molar-refractivity contribution is 5.76. The van der Waals surface area contributed by atoms with Crippen molar-refractivity contribution >= 4 is 11.6 Å². The Morgan fingerprint density at radius 2 is 2.07 bits per heavy atom. The first kappa shape index (κ1) is 20.6. The molecule has 1 atom stereocenters. The van der Waals surface area contributed by atoms with E-state index in [0.717, 1.165) is 56.1 Å². The van der Waals surface area contributed by atoms with Gasteiger partial charge >= 0.3 is 0 Å². The predicted octanol–water partition coefficient (Wildman–Crippen LogP) is 3.54. The van der Waals surface area contributed by atoms with Gasteiger partial charge in [-0.2, -0.15) is 5.10 Å². The van der Waals surface area contributed by atoms with Crippen molar-refractivity contribution in [2.24, 2.45) is 5.92 Å². The van der Waals surface area contributed by atoms with E-state index in [-0.39, 0.29) is 11.8 Å². The quantitative estimate of drug-likeness (QED) is 0.626. The number of likely N-dealkylation sites (tertiary alicyclic amines) is 1. The molecule has 0 aromatic carbocycles. The highest BCUT2D eigenvalue weighted by atomic mass is 16.2. The van der Waals surface area contributed by atoms with Crippen LogP contribution in [0.25, 0.3) is 5.65 Å². The van der Waals surface area contributed by atoms with Crippen LogP contribution in [0, 0.1) is 19.8 Å². The molecule has 1 aliphatic heterocycles. The summed E-state index contributed by atoms with van der Waals surface area (Å²) < 4.78 is 4.14. The summed E-state index contributed by atoms with van der Waals surface area (Å²) in [5, 5.41) is 13.4. The first-order valence-corrected chi connectivity index (χ1v) is 11.0. The number of fused-ring (bicyclic) bond motifs is 1. The summed E-state index contributed by atoms with van der Waals surface area (Å²) in [6, 6.07) is 5.93. The molecule has 3 aromatic rings. The molecule has 1 aliphatic rings. The van der Waals surface area contributed by atoms with Gasteiger partial charge in [-0.1, -0.05) is 19.9 Å². The standard InChI is InChI=1S/C23H32N6O/c1-16(2)14-29-18(4)20(17(3)26-29)10-11-22(30)27-12-7-8-19(15-27)23-25-24-21-9-5-6-13-28(21)23/h5-6,9,13,16,19H,7-8,10-12,14-15H2,1-4H3/t19-/m1/s1. The van der Waals surface area contributed by atoms with Crippen molar-refractivity contribution in [1.82, 2.24) is 29.3 Å². The summed E-state index contributed by atoms with van der Waals surface area (Å²) in [4.78, 5) is 15.0. The lowest BCUT2D eigenvalue weighted by Crippen LogP contribution is -2.39. The second-order valence-corrected chi connectivity index (χ2v) is 8.89. The maximum atomic E-state index is 13.0. The van der Waals surface area contributed by atoms with Gasteiger partial charge in [0.2, 0.25) is 5.91 Å². The number of amides is 1. The molecule has 1 amide bonds. The Balaban J connectivity index is 1.41. The molecule has 30 heavy (non-hydrogen) atoms. The number of nitrogens with zero attached hydrogens (tertiary/aromatic N) is 6. The van der Waals surface area contributed by atoms with Crippen LogP contribution in [0.5, 0.6) is 0 Å². The fraction of sp³-hybridized carbons (Fsp3) is 0.565. The second-order valence-electron chi connectivity index (χ2n) is 8.89. The molecule has 0 bridgehead atoms. The Morgan fingerprint density at radius 1 is 1.23 bits per heavy atom. The number of piperidine rings is 1. The molecule has 4 heterocycles. The molecule has 3 aromatic heterocycles. The normalized spacial score (nSPS) is 17.2. The van der Waals surface area contributed by atoms with Crippen LogP contribution in [0.1, 0.15) is 61.8 Å². The van der Waals surface area contributed by atoms with Crippen LogP contribution in [0.15, 0.2) is 24.4 Å². The van der Waals surface area contributed by atoms with Crippen LogP contribution in [0.3, 0.4) is 0 Å². The SMILES string of the molecule is Cc1nn(CC(C)C)c(C)c1CCC(=O)N1CCC[C@@H](c2nnc3ccccn23)C1. The van der Waals surface area contributed by atoms with E-state index in [1.807, 2.05) is 29.3 Å². The van der Waals surface area contributed by atoms with Gasteiger partial charge in [-0.25, -0.2) is 0 Å². The van der Waals surface area contributed by atoms with Crippen molar-refractivity contribution in [3.63, 3.8) is 0 Å². The van der Waals surface area contributed by atoms with Crippen molar-refractivity contribution in [3.05, 3.63) is 47.2 Å². The van der Waals surface area contributed by atoms with Gasteiger partial charge in [0.05, 0.1) is 5.69 Å². The summed E-state index contributed by atoms with van der Waals surface area (Å²) in [7, 11) is 0. The van der Waals surface area contributed by atoms with E-state index in [2.05, 4.69) is 52.1 Å². The van der Waals surface area contributed by atoms with E-state index in [0.29, 0.717) is 12.3 Å². The molecule has 0 spiro atoms. The molecular weight excluding hydrogens is 376 g/mol. The second kappa shape index (κ2) is 8.58. The van der Waals surface area contributed by atoms with Crippen LogP contribution in [-0.2, 0) is 17.8 Å². The molecule has 0 aliphatic carbocycles. The lowest BCUT2D eigenvalue weighted by molar-refractivity contribution is -0.132. The smallest absolute Gasteiger partial charge is 0.222 e. The van der Waals surface area contributed by atoms with E-state index in [1.165, 1.54) is 11.3 Å². The minimum Gasteiger partial charge on any atom is -0.342 e. The van der Waals surface area contributed by atoms with E-state index in [1.54, 1.807) is 0 Å². The highest BCUT2D eigenvalue weighted by Gasteiger charge is 2.28. The molecule has 0 saturated carbocycles. The van der Waals surface area contributed by atoms with Gasteiger partial charge in [-0.3, -0.25) is 13.9 Å². The van der Waals surface area contributed by atoms with Crippen LogP contribution in [0.4, 0.5) is 0 Å². The van der Waals surface area contributed by atoms with Crippen molar-refractivity contribution in [3.8, 4) is 0 Å². The van der Waals surface area contributed by atoms with Gasteiger partial charge in [0.15, 0.2) is 5.65 Å². The molecule has 0 unspecified atom stereocenters. The minimum absolute atomic E-state index is 0.226. The number of rotatable bonds is 6. The summed E-state index contributed by atoms with van der Waals surface area (Å²) in [6.45, 7) is 11.0. The summed E-state index contributed by atoms with van der Waals surface area (Å²) in [5.41, 5.74) is 4.33. The van der Waals surface area contributed by atoms with E-state index in [4.69, 9.17) is 0 Å². The maximum Gasteiger partial charge on any atom is 0.222 e. The van der Waals surface area contributed by atoms with Crippen LogP contribution in [0.2, 0.25) is 0 Å². The molecule has 7 heteroatoms. The lowest BCUT2D eigenvalue weighted by atomic mass is 9.96. The van der Waals surface area contributed by atoms with Crippen LogP contribution >= 0.6 is 0 Å². The molecule has 1 fully saturated rings. The Kier molecular flexibility index (Phi) is 5.88. The number of hydrogen-bond donors (Lipinski definition) is 0. The molecule has 7 nitrogen and oxygen atoms in total. The Morgan fingerprint density at radius 3 is 2.87 bits per heavy atom. The van der Waals surface area contributed by atoms with Gasteiger partial charge < -0.3 is 4.90 Å². The highest BCUT2D eigenvalue weighted by Crippen LogP contribution is 2.27. The summed E-state index contributed by atoms with van der Waals surface area (Å²) in [6.07, 6.45) is 5.33. The minimum atomic E-state index is 0.226. The lowest BCUT2D eigenvalue weighted by Gasteiger charge is -2.32. The third kappa shape index (κ3) is 4.11. The zero-order valence-corrected chi connectivity index (χ0v) is 18.5. The first-order chi connectivity index (χ1) is 14.4. The largest absolute Gasteiger partial charge is 0.342 e. The van der Waals surface area contributed by atoms with Crippen LogP contribution < -0.4 is 0 Å². The number of carbonyl (C=O) groups is 1. The molecule has 0 radical (unpaired) electrons. The molecular formula is C23H32N6O.